The number of carbonyl (C=O) groups is 2. The molecule has 5 heteroatoms. The quantitative estimate of drug-likeness (QED) is 0.710. The third kappa shape index (κ3) is 3.81. The maximum absolute atomic E-state index is 12.0. The van der Waals surface area contributed by atoms with Gasteiger partial charge in [-0.2, -0.15) is 0 Å². The van der Waals surface area contributed by atoms with Gasteiger partial charge in [-0.25, -0.2) is 0 Å². The van der Waals surface area contributed by atoms with Crippen LogP contribution in [0, 0.1) is 5.92 Å². The zero-order valence-corrected chi connectivity index (χ0v) is 9.74. The summed E-state index contributed by atoms with van der Waals surface area (Å²) in [6.07, 6.45) is 1.96. The normalized spacial score (nSPS) is 20.4. The van der Waals surface area contributed by atoms with Crippen LogP contribution in [0.2, 0.25) is 0 Å². The Morgan fingerprint density at radius 3 is 2.75 bits per heavy atom. The molecular formula is C11H20N2O3. The van der Waals surface area contributed by atoms with Crippen LogP contribution in [0.4, 0.5) is 0 Å². The molecule has 0 aliphatic carbocycles. The number of hydrogen-bond acceptors (Lipinski definition) is 3. The first-order chi connectivity index (χ1) is 7.65. The van der Waals surface area contributed by atoms with E-state index in [1.54, 1.807) is 4.90 Å². The lowest BCUT2D eigenvalue weighted by Gasteiger charge is -2.28. The van der Waals surface area contributed by atoms with E-state index in [-0.39, 0.29) is 18.2 Å². The molecule has 5 nitrogen and oxygen atoms in total. The van der Waals surface area contributed by atoms with Crippen molar-refractivity contribution in [1.29, 1.82) is 0 Å². The molecule has 1 heterocycles. The molecule has 0 bridgehead atoms. The van der Waals surface area contributed by atoms with Crippen molar-refractivity contribution < 1.29 is 14.7 Å². The molecule has 0 aromatic heterocycles. The molecule has 1 atom stereocenters. The molecule has 1 aliphatic rings. The van der Waals surface area contributed by atoms with Crippen LogP contribution in [0.1, 0.15) is 26.2 Å². The number of carboxylic acids is 1. The number of nitrogens with one attached hydrogen (secondary N) is 1. The smallest absolute Gasteiger partial charge is 0.305 e. The minimum Gasteiger partial charge on any atom is -0.481 e. The predicted molar refractivity (Wildman–Crippen MR) is 60.1 cm³/mol. The Labute approximate surface area is 95.8 Å². The SMILES string of the molecule is CCN(CCC(=O)O)C(=O)[C@@H]1CCCNC1. The molecule has 1 amide bonds. The molecule has 0 radical (unpaired) electrons. The number of nitrogens with zero attached hydrogens (tertiary/aromatic N) is 1. The highest BCUT2D eigenvalue weighted by atomic mass is 16.4. The number of carboxylic acid groups (broad SMARTS) is 1. The zero-order chi connectivity index (χ0) is 12.0. The van der Waals surface area contributed by atoms with Gasteiger partial charge < -0.3 is 15.3 Å². The lowest BCUT2D eigenvalue weighted by Crippen LogP contribution is -2.43. The Kier molecular flexibility index (Phi) is 5.25. The average molecular weight is 228 g/mol. The summed E-state index contributed by atoms with van der Waals surface area (Å²) in [6, 6.07) is 0. The lowest BCUT2D eigenvalue weighted by atomic mass is 9.98. The standard InChI is InChI=1S/C11H20N2O3/c1-2-13(7-5-10(14)15)11(16)9-4-3-6-12-8-9/h9,12H,2-8H2,1H3,(H,14,15)/t9-/m1/s1. The van der Waals surface area contributed by atoms with Crippen LogP contribution in [0.15, 0.2) is 0 Å². The van der Waals surface area contributed by atoms with Crippen LogP contribution >= 0.6 is 0 Å². The summed E-state index contributed by atoms with van der Waals surface area (Å²) in [4.78, 5) is 24.1. The Morgan fingerprint density at radius 1 is 1.50 bits per heavy atom. The largest absolute Gasteiger partial charge is 0.481 e. The molecule has 0 spiro atoms. The predicted octanol–water partition coefficient (Wildman–Crippen LogP) is 0.309. The molecule has 0 unspecified atom stereocenters. The second-order valence-electron chi connectivity index (χ2n) is 4.10. The van der Waals surface area contributed by atoms with Crippen molar-refractivity contribution in [2.24, 2.45) is 5.92 Å². The van der Waals surface area contributed by atoms with Gasteiger partial charge in [0.25, 0.3) is 0 Å². The van der Waals surface area contributed by atoms with Crippen molar-refractivity contribution in [1.82, 2.24) is 10.2 Å². The summed E-state index contributed by atoms with van der Waals surface area (Å²) < 4.78 is 0. The van der Waals surface area contributed by atoms with Gasteiger partial charge in [0.2, 0.25) is 5.91 Å². The van der Waals surface area contributed by atoms with E-state index >= 15 is 0 Å². The van der Waals surface area contributed by atoms with Crippen molar-refractivity contribution in [3.63, 3.8) is 0 Å². The van der Waals surface area contributed by atoms with Crippen LogP contribution in [-0.2, 0) is 9.59 Å². The molecular weight excluding hydrogens is 208 g/mol. The molecule has 0 aromatic rings. The highest BCUT2D eigenvalue weighted by Crippen LogP contribution is 2.13. The average Bonchev–Trinajstić information content (AvgIpc) is 2.30. The first kappa shape index (κ1) is 13.0. The van der Waals surface area contributed by atoms with E-state index in [2.05, 4.69) is 5.32 Å². The van der Waals surface area contributed by atoms with Gasteiger partial charge in [-0.15, -0.1) is 0 Å². The zero-order valence-electron chi connectivity index (χ0n) is 9.74. The van der Waals surface area contributed by atoms with E-state index in [0.717, 1.165) is 25.9 Å². The summed E-state index contributed by atoms with van der Waals surface area (Å²) >= 11 is 0. The lowest BCUT2D eigenvalue weighted by molar-refractivity contribution is -0.139. The molecule has 2 N–H and O–H groups in total. The van der Waals surface area contributed by atoms with Crippen LogP contribution in [0.25, 0.3) is 0 Å². The topological polar surface area (TPSA) is 69.6 Å². The number of carbonyl (C=O) groups excluding carboxylic acids is 1. The second-order valence-corrected chi connectivity index (χ2v) is 4.10. The Morgan fingerprint density at radius 2 is 2.25 bits per heavy atom. The highest BCUT2D eigenvalue weighted by molar-refractivity contribution is 5.79. The van der Waals surface area contributed by atoms with Gasteiger partial charge in [-0.1, -0.05) is 0 Å². The Balaban J connectivity index is 2.44. The number of hydrogen-bond donors (Lipinski definition) is 2. The van der Waals surface area contributed by atoms with Crippen LogP contribution in [0.3, 0.4) is 0 Å². The van der Waals surface area contributed by atoms with Crippen LogP contribution in [-0.4, -0.2) is 48.1 Å². The fourth-order valence-corrected chi connectivity index (χ4v) is 1.98. The van der Waals surface area contributed by atoms with Gasteiger partial charge in [0.15, 0.2) is 0 Å². The molecule has 92 valence electrons. The summed E-state index contributed by atoms with van der Waals surface area (Å²) in [6.45, 7) is 4.49. The molecule has 1 rings (SSSR count). The number of rotatable bonds is 5. The second kappa shape index (κ2) is 6.48. The molecule has 16 heavy (non-hydrogen) atoms. The van der Waals surface area contributed by atoms with E-state index in [1.807, 2.05) is 6.92 Å². The molecule has 1 saturated heterocycles. The van der Waals surface area contributed by atoms with Crippen molar-refractivity contribution in [3.8, 4) is 0 Å². The minimum absolute atomic E-state index is 0.0275. The van der Waals surface area contributed by atoms with Gasteiger partial charge in [0.05, 0.1) is 12.3 Å². The number of aliphatic carboxylic acids is 1. The van der Waals surface area contributed by atoms with Gasteiger partial charge in [0, 0.05) is 19.6 Å². The third-order valence-corrected chi connectivity index (χ3v) is 2.94. The molecule has 0 aromatic carbocycles. The van der Waals surface area contributed by atoms with E-state index in [0.29, 0.717) is 13.1 Å². The Hall–Kier alpha value is -1.10. The van der Waals surface area contributed by atoms with Gasteiger partial charge >= 0.3 is 5.97 Å². The summed E-state index contributed by atoms with van der Waals surface area (Å²) in [5, 5.41) is 11.8. The van der Waals surface area contributed by atoms with E-state index < -0.39 is 5.97 Å². The number of piperidine rings is 1. The fraction of sp³-hybridized carbons (Fsp3) is 0.818. The van der Waals surface area contributed by atoms with E-state index in [9.17, 15) is 9.59 Å². The van der Waals surface area contributed by atoms with Gasteiger partial charge in [-0.05, 0) is 26.3 Å². The van der Waals surface area contributed by atoms with E-state index in [1.165, 1.54) is 0 Å². The van der Waals surface area contributed by atoms with Crippen LogP contribution < -0.4 is 5.32 Å². The molecule has 1 aliphatic heterocycles. The van der Waals surface area contributed by atoms with E-state index in [4.69, 9.17) is 5.11 Å². The Bertz CT molecular complexity index is 250. The summed E-state index contributed by atoms with van der Waals surface area (Å²) in [7, 11) is 0. The van der Waals surface area contributed by atoms with Gasteiger partial charge in [-0.3, -0.25) is 9.59 Å². The van der Waals surface area contributed by atoms with Crippen molar-refractivity contribution >= 4 is 11.9 Å². The first-order valence-electron chi connectivity index (χ1n) is 5.86. The summed E-state index contributed by atoms with van der Waals surface area (Å²) in [5.74, 6) is -0.730. The van der Waals surface area contributed by atoms with Crippen molar-refractivity contribution in [2.75, 3.05) is 26.2 Å². The summed E-state index contributed by atoms with van der Waals surface area (Å²) in [5.41, 5.74) is 0. The van der Waals surface area contributed by atoms with Gasteiger partial charge in [0.1, 0.15) is 0 Å². The maximum atomic E-state index is 12.0. The monoisotopic (exact) mass is 228 g/mol. The molecule has 1 fully saturated rings. The minimum atomic E-state index is -0.854. The highest BCUT2D eigenvalue weighted by Gasteiger charge is 2.25. The van der Waals surface area contributed by atoms with Crippen LogP contribution in [0.5, 0.6) is 0 Å². The third-order valence-electron chi connectivity index (χ3n) is 2.94. The van der Waals surface area contributed by atoms with Crippen molar-refractivity contribution in [2.45, 2.75) is 26.2 Å². The first-order valence-corrected chi connectivity index (χ1v) is 5.86. The number of amides is 1. The fourth-order valence-electron chi connectivity index (χ4n) is 1.98. The van der Waals surface area contributed by atoms with Crippen molar-refractivity contribution in [3.05, 3.63) is 0 Å². The molecule has 0 saturated carbocycles. The maximum Gasteiger partial charge on any atom is 0.305 e.